The summed E-state index contributed by atoms with van der Waals surface area (Å²) in [5, 5.41) is 2.63. The molecule has 1 aromatic rings. The van der Waals surface area contributed by atoms with E-state index in [4.69, 9.17) is 4.74 Å². The molecule has 1 aromatic heterocycles. The van der Waals surface area contributed by atoms with Crippen molar-refractivity contribution in [3.63, 3.8) is 0 Å². The van der Waals surface area contributed by atoms with Gasteiger partial charge in [0.25, 0.3) is 0 Å². The largest absolute Gasteiger partial charge is 0.373 e. The summed E-state index contributed by atoms with van der Waals surface area (Å²) in [6, 6.07) is 3.61. The zero-order valence-electron chi connectivity index (χ0n) is 13.8. The number of pyridine rings is 1. The van der Waals surface area contributed by atoms with Gasteiger partial charge in [0, 0.05) is 32.0 Å². The second kappa shape index (κ2) is 8.95. The van der Waals surface area contributed by atoms with Gasteiger partial charge in [0.1, 0.15) is 0 Å². The highest BCUT2D eigenvalue weighted by Crippen LogP contribution is 2.15. The average Bonchev–Trinajstić information content (AvgIpc) is 2.61. The molecule has 0 spiro atoms. The summed E-state index contributed by atoms with van der Waals surface area (Å²) in [7, 11) is -1.94. The lowest BCUT2D eigenvalue weighted by atomic mass is 10.1. The summed E-state index contributed by atoms with van der Waals surface area (Å²) >= 11 is 0. The third-order valence-corrected chi connectivity index (χ3v) is 5.26. The number of likely N-dealkylation sites (tertiary alicyclic amines) is 1. The molecule has 0 saturated carbocycles. The van der Waals surface area contributed by atoms with Gasteiger partial charge in [0.2, 0.25) is 10.0 Å². The summed E-state index contributed by atoms with van der Waals surface area (Å²) in [6.07, 6.45) is 5.16. The quantitative estimate of drug-likeness (QED) is 0.733. The van der Waals surface area contributed by atoms with Crippen LogP contribution in [-0.2, 0) is 21.4 Å². The lowest BCUT2D eigenvalue weighted by Gasteiger charge is -2.32. The number of amides is 2. The SMILES string of the molecule is CNS(=O)(=O)CCNC(=O)N1CCC(OCc2cccnc2)CC1. The number of aromatic nitrogens is 1. The Kier molecular flexibility index (Phi) is 6.95. The van der Waals surface area contributed by atoms with E-state index < -0.39 is 10.0 Å². The number of urea groups is 1. The van der Waals surface area contributed by atoms with Crippen molar-refractivity contribution >= 4 is 16.1 Å². The maximum Gasteiger partial charge on any atom is 0.317 e. The molecule has 0 atom stereocenters. The highest BCUT2D eigenvalue weighted by atomic mass is 32.2. The van der Waals surface area contributed by atoms with Crippen LogP contribution < -0.4 is 10.0 Å². The number of nitrogens with one attached hydrogen (secondary N) is 2. The van der Waals surface area contributed by atoms with Gasteiger partial charge >= 0.3 is 6.03 Å². The van der Waals surface area contributed by atoms with Gasteiger partial charge in [0.15, 0.2) is 0 Å². The van der Waals surface area contributed by atoms with Crippen molar-refractivity contribution in [1.82, 2.24) is 19.9 Å². The molecule has 24 heavy (non-hydrogen) atoms. The molecule has 0 aliphatic carbocycles. The monoisotopic (exact) mass is 356 g/mol. The Morgan fingerprint density at radius 3 is 2.79 bits per heavy atom. The second-order valence-electron chi connectivity index (χ2n) is 5.61. The topological polar surface area (TPSA) is 101 Å². The van der Waals surface area contributed by atoms with E-state index in [0.29, 0.717) is 19.7 Å². The molecule has 2 amide bonds. The first-order valence-corrected chi connectivity index (χ1v) is 9.60. The summed E-state index contributed by atoms with van der Waals surface area (Å²) < 4.78 is 30.6. The van der Waals surface area contributed by atoms with Crippen molar-refractivity contribution in [2.45, 2.75) is 25.6 Å². The fourth-order valence-corrected chi connectivity index (χ4v) is 3.00. The Morgan fingerprint density at radius 1 is 1.42 bits per heavy atom. The highest BCUT2D eigenvalue weighted by Gasteiger charge is 2.23. The minimum Gasteiger partial charge on any atom is -0.373 e. The molecule has 134 valence electrons. The van der Waals surface area contributed by atoms with Gasteiger partial charge in [-0.1, -0.05) is 6.07 Å². The van der Waals surface area contributed by atoms with E-state index in [1.54, 1.807) is 17.3 Å². The van der Waals surface area contributed by atoms with Crippen molar-refractivity contribution in [3.8, 4) is 0 Å². The Labute approximate surface area is 142 Å². The number of carbonyl (C=O) groups excluding carboxylic acids is 1. The van der Waals surface area contributed by atoms with Crippen LogP contribution in [0, 0.1) is 0 Å². The minimum atomic E-state index is -3.30. The second-order valence-corrected chi connectivity index (χ2v) is 7.66. The molecule has 1 saturated heterocycles. The van der Waals surface area contributed by atoms with E-state index in [9.17, 15) is 13.2 Å². The Hall–Kier alpha value is -1.71. The van der Waals surface area contributed by atoms with E-state index in [-0.39, 0.29) is 24.4 Å². The van der Waals surface area contributed by atoms with E-state index in [1.807, 2.05) is 12.1 Å². The molecule has 1 aliphatic rings. The predicted octanol–water partition coefficient (Wildman–Crippen LogP) is 0.321. The van der Waals surface area contributed by atoms with Gasteiger partial charge in [-0.2, -0.15) is 0 Å². The van der Waals surface area contributed by atoms with Crippen LogP contribution in [0.25, 0.3) is 0 Å². The lowest BCUT2D eigenvalue weighted by Crippen LogP contribution is -2.47. The Morgan fingerprint density at radius 2 is 2.17 bits per heavy atom. The molecule has 2 rings (SSSR count). The van der Waals surface area contributed by atoms with Crippen molar-refractivity contribution in [1.29, 1.82) is 0 Å². The smallest absolute Gasteiger partial charge is 0.317 e. The van der Waals surface area contributed by atoms with E-state index in [0.717, 1.165) is 18.4 Å². The number of carbonyl (C=O) groups is 1. The first-order valence-electron chi connectivity index (χ1n) is 7.94. The predicted molar refractivity (Wildman–Crippen MR) is 89.9 cm³/mol. The minimum absolute atomic E-state index is 0.0967. The number of rotatable bonds is 7. The molecule has 1 fully saturated rings. The molecular weight excluding hydrogens is 332 g/mol. The number of sulfonamides is 1. The third-order valence-electron chi connectivity index (χ3n) is 3.90. The summed E-state index contributed by atoms with van der Waals surface area (Å²) in [5.74, 6) is -0.125. The molecule has 0 bridgehead atoms. The number of hydrogen-bond donors (Lipinski definition) is 2. The van der Waals surface area contributed by atoms with Crippen molar-refractivity contribution < 1.29 is 17.9 Å². The highest BCUT2D eigenvalue weighted by molar-refractivity contribution is 7.89. The number of piperidine rings is 1. The van der Waals surface area contributed by atoms with Crippen LogP contribution in [0.3, 0.4) is 0 Å². The first kappa shape index (κ1) is 18.6. The van der Waals surface area contributed by atoms with Crippen LogP contribution in [0.15, 0.2) is 24.5 Å². The van der Waals surface area contributed by atoms with E-state index in [1.165, 1.54) is 7.05 Å². The van der Waals surface area contributed by atoms with Gasteiger partial charge in [-0.05, 0) is 31.5 Å². The molecular formula is C15H24N4O4S. The van der Waals surface area contributed by atoms with Crippen molar-refractivity contribution in [2.24, 2.45) is 0 Å². The fourth-order valence-electron chi connectivity index (χ4n) is 2.43. The van der Waals surface area contributed by atoms with Crippen molar-refractivity contribution in [3.05, 3.63) is 30.1 Å². The molecule has 0 aromatic carbocycles. The average molecular weight is 356 g/mol. The van der Waals surface area contributed by atoms with Gasteiger partial charge in [-0.25, -0.2) is 17.9 Å². The summed E-state index contributed by atoms with van der Waals surface area (Å²) in [6.45, 7) is 1.82. The Balaban J connectivity index is 1.65. The van der Waals surface area contributed by atoms with Crippen LogP contribution in [0.1, 0.15) is 18.4 Å². The zero-order chi connectivity index (χ0) is 17.4. The number of hydrogen-bond acceptors (Lipinski definition) is 5. The van der Waals surface area contributed by atoms with Crippen molar-refractivity contribution in [2.75, 3.05) is 32.4 Å². The fraction of sp³-hybridized carbons (Fsp3) is 0.600. The number of ether oxygens (including phenoxy) is 1. The summed E-state index contributed by atoms with van der Waals surface area (Å²) in [4.78, 5) is 17.7. The molecule has 1 aliphatic heterocycles. The lowest BCUT2D eigenvalue weighted by molar-refractivity contribution is 0.00441. The maximum atomic E-state index is 12.0. The van der Waals surface area contributed by atoms with Gasteiger partial charge in [0.05, 0.1) is 18.5 Å². The maximum absolute atomic E-state index is 12.0. The van der Waals surface area contributed by atoms with Crippen LogP contribution in [-0.4, -0.2) is 62.9 Å². The molecule has 8 nitrogen and oxygen atoms in total. The van der Waals surface area contributed by atoms with Crippen LogP contribution in [0.4, 0.5) is 4.79 Å². The molecule has 0 radical (unpaired) electrons. The molecule has 2 heterocycles. The molecule has 9 heteroatoms. The third kappa shape index (κ3) is 6.06. The molecule has 0 unspecified atom stereocenters. The first-order chi connectivity index (χ1) is 11.5. The molecule has 2 N–H and O–H groups in total. The standard InChI is InChI=1S/C15H24N4O4S/c1-16-24(21,22)10-7-18-15(20)19-8-4-14(5-9-19)23-12-13-3-2-6-17-11-13/h2-3,6,11,14,16H,4-5,7-10,12H2,1H3,(H,18,20). The van der Waals surface area contributed by atoms with Crippen LogP contribution >= 0.6 is 0 Å². The van der Waals surface area contributed by atoms with E-state index in [2.05, 4.69) is 15.0 Å². The van der Waals surface area contributed by atoms with E-state index >= 15 is 0 Å². The normalized spacial score (nSPS) is 16.1. The van der Waals surface area contributed by atoms with Gasteiger partial charge in [-0.15, -0.1) is 0 Å². The van der Waals surface area contributed by atoms with Gasteiger partial charge in [-0.3, -0.25) is 4.98 Å². The zero-order valence-corrected chi connectivity index (χ0v) is 14.6. The summed E-state index contributed by atoms with van der Waals surface area (Å²) in [5.41, 5.74) is 1.03. The van der Waals surface area contributed by atoms with Crippen LogP contribution in [0.2, 0.25) is 0 Å². The van der Waals surface area contributed by atoms with Crippen LogP contribution in [0.5, 0.6) is 0 Å². The Bertz CT molecular complexity index is 616. The number of nitrogens with zero attached hydrogens (tertiary/aromatic N) is 2. The van der Waals surface area contributed by atoms with Gasteiger partial charge < -0.3 is 15.0 Å².